The summed E-state index contributed by atoms with van der Waals surface area (Å²) in [5.74, 6) is -2.77. The van der Waals surface area contributed by atoms with Gasteiger partial charge in [0.05, 0.1) is 23.2 Å². The highest BCUT2D eigenvalue weighted by Crippen LogP contribution is 2.37. The number of hydrogen-bond acceptors (Lipinski definition) is 12. The second-order valence-corrected chi connectivity index (χ2v) is 7.43. The van der Waals surface area contributed by atoms with Crippen LogP contribution in [0.4, 0.5) is 15.9 Å². The summed E-state index contributed by atoms with van der Waals surface area (Å²) in [6, 6.07) is 5.56. The predicted octanol–water partition coefficient (Wildman–Crippen LogP) is 3.65. The van der Waals surface area contributed by atoms with E-state index in [0.29, 0.717) is 0 Å². The quantitative estimate of drug-likeness (QED) is 0.146. The SMILES string of the molecule is CCOC(=O)CNc1nc(SC)nc(Oc2cc(C#N)ccc2C(=O)OCC(F)CC)c1[N+](=O)[O-]. The molecule has 1 aromatic carbocycles. The molecule has 0 bridgehead atoms. The van der Waals surface area contributed by atoms with E-state index < -0.39 is 47.8 Å². The molecule has 1 N–H and O–H groups in total. The van der Waals surface area contributed by atoms with Crippen molar-refractivity contribution in [1.82, 2.24) is 9.97 Å². The van der Waals surface area contributed by atoms with Crippen molar-refractivity contribution >= 4 is 35.2 Å². The van der Waals surface area contributed by atoms with Crippen molar-refractivity contribution in [2.24, 2.45) is 0 Å². The molecule has 1 heterocycles. The standard InChI is InChI=1S/C21H22FN5O7S/c1-4-13(22)11-33-20(29)14-7-6-12(9-23)8-15(14)34-19-17(27(30)31)18(25-21(26-19)35-3)24-10-16(28)32-5-2/h6-8,13H,4-5,10-11H2,1-3H3,(H,24,25,26). The first-order valence-electron chi connectivity index (χ1n) is 10.3. The van der Waals surface area contributed by atoms with Crippen molar-refractivity contribution in [1.29, 1.82) is 5.26 Å². The van der Waals surface area contributed by atoms with Crippen LogP contribution in [0.2, 0.25) is 0 Å². The molecular weight excluding hydrogens is 485 g/mol. The highest BCUT2D eigenvalue weighted by molar-refractivity contribution is 7.98. The third-order valence-electron chi connectivity index (χ3n) is 4.28. The number of halogens is 1. The van der Waals surface area contributed by atoms with Crippen molar-refractivity contribution in [2.75, 3.05) is 31.3 Å². The van der Waals surface area contributed by atoms with E-state index in [0.717, 1.165) is 11.8 Å². The lowest BCUT2D eigenvalue weighted by Gasteiger charge is -2.14. The number of nitrogens with one attached hydrogen (secondary N) is 1. The second kappa shape index (κ2) is 13.0. The minimum absolute atomic E-state index is 0.0562. The highest BCUT2D eigenvalue weighted by atomic mass is 32.2. The van der Waals surface area contributed by atoms with Gasteiger partial charge in [0.1, 0.15) is 30.6 Å². The van der Waals surface area contributed by atoms with Gasteiger partial charge in [0.2, 0.25) is 5.82 Å². The molecule has 186 valence electrons. The normalized spacial score (nSPS) is 11.2. The number of esters is 2. The van der Waals surface area contributed by atoms with Gasteiger partial charge in [0.25, 0.3) is 0 Å². The minimum atomic E-state index is -1.37. The predicted molar refractivity (Wildman–Crippen MR) is 122 cm³/mol. The molecule has 14 heteroatoms. The number of thioether (sulfide) groups is 1. The van der Waals surface area contributed by atoms with Gasteiger partial charge in [-0.25, -0.2) is 9.18 Å². The Labute approximate surface area is 203 Å². The Balaban J connectivity index is 2.51. The van der Waals surface area contributed by atoms with Crippen LogP contribution in [-0.2, 0) is 14.3 Å². The van der Waals surface area contributed by atoms with E-state index in [1.165, 1.54) is 18.2 Å². The number of hydrogen-bond donors (Lipinski definition) is 1. The number of carbonyl (C=O) groups is 2. The van der Waals surface area contributed by atoms with Crippen LogP contribution in [0.25, 0.3) is 0 Å². The number of nitriles is 1. The smallest absolute Gasteiger partial charge is 0.373 e. The second-order valence-electron chi connectivity index (χ2n) is 6.66. The van der Waals surface area contributed by atoms with E-state index in [2.05, 4.69) is 15.3 Å². The van der Waals surface area contributed by atoms with Crippen LogP contribution in [0, 0.1) is 21.4 Å². The van der Waals surface area contributed by atoms with Gasteiger partial charge in [0, 0.05) is 0 Å². The molecule has 0 spiro atoms. The maximum Gasteiger partial charge on any atom is 0.373 e. The van der Waals surface area contributed by atoms with Gasteiger partial charge in [-0.2, -0.15) is 15.2 Å². The zero-order valence-corrected chi connectivity index (χ0v) is 19.9. The summed E-state index contributed by atoms with van der Waals surface area (Å²) >= 11 is 1.04. The van der Waals surface area contributed by atoms with Crippen LogP contribution in [0.1, 0.15) is 36.2 Å². The van der Waals surface area contributed by atoms with E-state index in [1.807, 2.05) is 6.07 Å². The first kappa shape index (κ1) is 27.3. The number of nitrogens with zero attached hydrogens (tertiary/aromatic N) is 4. The summed E-state index contributed by atoms with van der Waals surface area (Å²) in [5, 5.41) is 23.7. The van der Waals surface area contributed by atoms with Crippen molar-refractivity contribution in [3.63, 3.8) is 0 Å². The van der Waals surface area contributed by atoms with Crippen LogP contribution < -0.4 is 10.1 Å². The fraction of sp³-hybridized carbons (Fsp3) is 0.381. The molecule has 0 fully saturated rings. The van der Waals surface area contributed by atoms with Gasteiger partial charge in [-0.1, -0.05) is 18.7 Å². The number of nitro groups is 1. The van der Waals surface area contributed by atoms with E-state index in [4.69, 9.17) is 14.2 Å². The summed E-state index contributed by atoms with van der Waals surface area (Å²) < 4.78 is 28.9. The number of alkyl halides is 1. The molecule has 0 amide bonds. The van der Waals surface area contributed by atoms with Gasteiger partial charge in [-0.05, 0) is 37.8 Å². The van der Waals surface area contributed by atoms with Gasteiger partial charge in [-0.15, -0.1) is 0 Å². The molecule has 2 aromatic rings. The van der Waals surface area contributed by atoms with Gasteiger partial charge in [0.15, 0.2) is 5.16 Å². The Hall–Kier alpha value is -3.99. The molecule has 35 heavy (non-hydrogen) atoms. The summed E-state index contributed by atoms with van der Waals surface area (Å²) in [6.45, 7) is 2.40. The van der Waals surface area contributed by atoms with Crippen LogP contribution in [0.15, 0.2) is 23.4 Å². The number of anilines is 1. The maximum absolute atomic E-state index is 13.5. The highest BCUT2D eigenvalue weighted by Gasteiger charge is 2.29. The first-order valence-corrected chi connectivity index (χ1v) is 11.5. The topological polar surface area (TPSA) is 167 Å². The lowest BCUT2D eigenvalue weighted by molar-refractivity contribution is -0.385. The number of ether oxygens (including phenoxy) is 3. The van der Waals surface area contributed by atoms with Gasteiger partial charge < -0.3 is 19.5 Å². The monoisotopic (exact) mass is 507 g/mol. The Bertz CT molecular complexity index is 1140. The summed E-state index contributed by atoms with van der Waals surface area (Å²) in [7, 11) is 0. The molecule has 0 aliphatic rings. The fourth-order valence-electron chi connectivity index (χ4n) is 2.54. The molecule has 1 unspecified atom stereocenters. The molecule has 0 saturated carbocycles. The zero-order valence-electron chi connectivity index (χ0n) is 19.1. The maximum atomic E-state index is 13.5. The van der Waals surface area contributed by atoms with Crippen LogP contribution in [-0.4, -0.2) is 59.0 Å². The average Bonchev–Trinajstić information content (AvgIpc) is 2.85. The average molecular weight is 508 g/mol. The lowest BCUT2D eigenvalue weighted by atomic mass is 10.1. The van der Waals surface area contributed by atoms with E-state index in [9.17, 15) is 29.4 Å². The van der Waals surface area contributed by atoms with Crippen molar-refractivity contribution in [2.45, 2.75) is 31.6 Å². The molecule has 1 aromatic heterocycles. The summed E-state index contributed by atoms with van der Waals surface area (Å²) in [6.07, 6.45) is 0.373. The fourth-order valence-corrected chi connectivity index (χ4v) is 2.90. The van der Waals surface area contributed by atoms with Crippen molar-refractivity contribution in [3.8, 4) is 17.7 Å². The van der Waals surface area contributed by atoms with E-state index in [1.54, 1.807) is 20.1 Å². The van der Waals surface area contributed by atoms with Crippen molar-refractivity contribution in [3.05, 3.63) is 39.4 Å². The number of carbonyl (C=O) groups excluding carboxylic acids is 2. The van der Waals surface area contributed by atoms with Gasteiger partial charge >= 0.3 is 23.5 Å². The third kappa shape index (κ3) is 7.51. The molecule has 0 aliphatic carbocycles. The van der Waals surface area contributed by atoms with Crippen molar-refractivity contribution < 1.29 is 33.1 Å². The van der Waals surface area contributed by atoms with Crippen LogP contribution in [0.5, 0.6) is 11.6 Å². The molecule has 0 saturated heterocycles. The van der Waals surface area contributed by atoms with Crippen LogP contribution in [0.3, 0.4) is 0 Å². The number of rotatable bonds is 12. The van der Waals surface area contributed by atoms with Gasteiger partial charge in [-0.3, -0.25) is 14.9 Å². The Morgan fingerprint density at radius 3 is 2.66 bits per heavy atom. The Morgan fingerprint density at radius 2 is 2.06 bits per heavy atom. The molecule has 2 rings (SSSR count). The number of benzene rings is 1. The Morgan fingerprint density at radius 1 is 1.31 bits per heavy atom. The largest absolute Gasteiger partial charge is 0.465 e. The number of aromatic nitrogens is 2. The lowest BCUT2D eigenvalue weighted by Crippen LogP contribution is -2.18. The van der Waals surface area contributed by atoms with E-state index in [-0.39, 0.29) is 40.9 Å². The summed E-state index contributed by atoms with van der Waals surface area (Å²) in [4.78, 5) is 43.3. The molecule has 0 radical (unpaired) electrons. The first-order chi connectivity index (χ1) is 16.7. The minimum Gasteiger partial charge on any atom is -0.465 e. The molecular formula is C21H22FN5O7S. The van der Waals surface area contributed by atoms with Crippen LogP contribution >= 0.6 is 11.8 Å². The summed E-state index contributed by atoms with van der Waals surface area (Å²) in [5.41, 5.74) is -0.841. The van der Waals surface area contributed by atoms with E-state index >= 15 is 0 Å². The third-order valence-corrected chi connectivity index (χ3v) is 4.83. The zero-order chi connectivity index (χ0) is 26.0. The Kier molecular flexibility index (Phi) is 10.2. The molecule has 0 aliphatic heterocycles. The molecule has 12 nitrogen and oxygen atoms in total. The molecule has 1 atom stereocenters.